The van der Waals surface area contributed by atoms with Crippen molar-refractivity contribution in [1.29, 1.82) is 0 Å². The van der Waals surface area contributed by atoms with Crippen LogP contribution < -0.4 is 9.46 Å². The van der Waals surface area contributed by atoms with Crippen LogP contribution in [0.5, 0.6) is 5.75 Å². The molecule has 29 heavy (non-hydrogen) atoms. The van der Waals surface area contributed by atoms with Crippen molar-refractivity contribution in [3.05, 3.63) is 59.7 Å². The van der Waals surface area contributed by atoms with E-state index in [2.05, 4.69) is 23.5 Å². The van der Waals surface area contributed by atoms with E-state index >= 15 is 0 Å². The second-order valence-electron chi connectivity index (χ2n) is 7.51. The molecule has 1 aliphatic heterocycles. The normalized spacial score (nSPS) is 16.7. The SMILES string of the molecule is COc1ccc(C(CNS(=O)(=O)c2ccc(C(C)C)cc2)N2CCOCC2)cc1. The topological polar surface area (TPSA) is 67.9 Å². The number of nitrogens with one attached hydrogen (secondary N) is 1. The van der Waals surface area contributed by atoms with Crippen LogP contribution in [0, 0.1) is 0 Å². The predicted molar refractivity (Wildman–Crippen MR) is 114 cm³/mol. The molecule has 1 aliphatic rings. The summed E-state index contributed by atoms with van der Waals surface area (Å²) in [6.45, 7) is 7.29. The molecule has 1 atom stereocenters. The first kappa shape index (κ1) is 21.8. The molecule has 7 heteroatoms. The molecule has 1 saturated heterocycles. The summed E-state index contributed by atoms with van der Waals surface area (Å²) in [7, 11) is -1.96. The van der Waals surface area contributed by atoms with Crippen molar-refractivity contribution in [3.8, 4) is 5.75 Å². The van der Waals surface area contributed by atoms with Gasteiger partial charge in [-0.3, -0.25) is 4.90 Å². The van der Waals surface area contributed by atoms with Gasteiger partial charge in [0.1, 0.15) is 5.75 Å². The van der Waals surface area contributed by atoms with Gasteiger partial charge in [0.05, 0.1) is 25.2 Å². The molecule has 1 N–H and O–H groups in total. The van der Waals surface area contributed by atoms with Crippen molar-refractivity contribution >= 4 is 10.0 Å². The fourth-order valence-electron chi connectivity index (χ4n) is 3.48. The minimum absolute atomic E-state index is 0.0745. The highest BCUT2D eigenvalue weighted by Crippen LogP contribution is 2.24. The smallest absolute Gasteiger partial charge is 0.240 e. The molecule has 0 amide bonds. The van der Waals surface area contributed by atoms with E-state index in [0.717, 1.165) is 30.0 Å². The lowest BCUT2D eigenvalue weighted by molar-refractivity contribution is 0.0172. The van der Waals surface area contributed by atoms with Crippen molar-refractivity contribution in [1.82, 2.24) is 9.62 Å². The minimum atomic E-state index is -3.59. The van der Waals surface area contributed by atoms with E-state index in [-0.39, 0.29) is 10.9 Å². The third kappa shape index (κ3) is 5.57. The first-order valence-electron chi connectivity index (χ1n) is 9.96. The van der Waals surface area contributed by atoms with Crippen molar-refractivity contribution in [3.63, 3.8) is 0 Å². The van der Waals surface area contributed by atoms with Crippen LogP contribution in [0.4, 0.5) is 0 Å². The van der Waals surface area contributed by atoms with Crippen LogP contribution in [0.2, 0.25) is 0 Å². The summed E-state index contributed by atoms with van der Waals surface area (Å²) in [4.78, 5) is 2.55. The van der Waals surface area contributed by atoms with Gasteiger partial charge in [-0.1, -0.05) is 38.1 Å². The summed E-state index contributed by atoms with van der Waals surface area (Å²) in [5.74, 6) is 1.14. The van der Waals surface area contributed by atoms with Crippen molar-refractivity contribution in [2.24, 2.45) is 0 Å². The van der Waals surface area contributed by atoms with Crippen molar-refractivity contribution < 1.29 is 17.9 Å². The largest absolute Gasteiger partial charge is 0.497 e. The van der Waals surface area contributed by atoms with E-state index in [4.69, 9.17) is 9.47 Å². The standard InChI is InChI=1S/C22H30N2O4S/c1-17(2)18-6-10-21(11-7-18)29(25,26)23-16-22(24-12-14-28-15-13-24)19-4-8-20(27-3)9-5-19/h4-11,17,22-23H,12-16H2,1-3H3. The Kier molecular flexibility index (Phi) is 7.29. The van der Waals surface area contributed by atoms with Gasteiger partial charge in [0, 0.05) is 25.7 Å². The number of methoxy groups -OCH3 is 1. The maximum absolute atomic E-state index is 12.9. The molecule has 1 unspecified atom stereocenters. The zero-order valence-corrected chi connectivity index (χ0v) is 18.1. The molecule has 0 radical (unpaired) electrons. The van der Waals surface area contributed by atoms with Gasteiger partial charge >= 0.3 is 0 Å². The molecule has 0 bridgehead atoms. The van der Waals surface area contributed by atoms with E-state index < -0.39 is 10.0 Å². The Morgan fingerprint density at radius 1 is 1.00 bits per heavy atom. The van der Waals surface area contributed by atoms with Gasteiger partial charge in [0.15, 0.2) is 0 Å². The number of morpholine rings is 1. The molecular formula is C22H30N2O4S. The van der Waals surface area contributed by atoms with Gasteiger partial charge in [-0.25, -0.2) is 13.1 Å². The Morgan fingerprint density at radius 2 is 1.59 bits per heavy atom. The molecule has 1 fully saturated rings. The number of ether oxygens (including phenoxy) is 2. The highest BCUT2D eigenvalue weighted by molar-refractivity contribution is 7.89. The second-order valence-corrected chi connectivity index (χ2v) is 9.28. The molecule has 0 spiro atoms. The van der Waals surface area contributed by atoms with E-state index in [1.165, 1.54) is 0 Å². The van der Waals surface area contributed by atoms with Crippen LogP contribution in [0.1, 0.15) is 36.9 Å². The molecule has 158 valence electrons. The molecule has 3 rings (SSSR count). The molecule has 0 aromatic heterocycles. The number of benzene rings is 2. The average molecular weight is 419 g/mol. The first-order valence-corrected chi connectivity index (χ1v) is 11.4. The Hall–Kier alpha value is -1.93. The highest BCUT2D eigenvalue weighted by Gasteiger charge is 2.25. The number of hydrogen-bond donors (Lipinski definition) is 1. The zero-order chi connectivity index (χ0) is 20.9. The van der Waals surface area contributed by atoms with Gasteiger partial charge in [0.2, 0.25) is 10.0 Å². The lowest BCUT2D eigenvalue weighted by atomic mass is 10.0. The van der Waals surface area contributed by atoms with Crippen molar-refractivity contribution in [2.75, 3.05) is 40.0 Å². The molecule has 6 nitrogen and oxygen atoms in total. The lowest BCUT2D eigenvalue weighted by Crippen LogP contribution is -2.43. The maximum atomic E-state index is 12.9. The van der Waals surface area contributed by atoms with Crippen LogP contribution in [0.15, 0.2) is 53.4 Å². The molecule has 2 aromatic rings. The molecular weight excluding hydrogens is 388 g/mol. The third-order valence-electron chi connectivity index (χ3n) is 5.31. The van der Waals surface area contributed by atoms with Crippen LogP contribution in [0.25, 0.3) is 0 Å². The number of sulfonamides is 1. The summed E-state index contributed by atoms with van der Waals surface area (Å²) in [6, 6.07) is 14.8. The average Bonchev–Trinajstić information content (AvgIpc) is 2.75. The Balaban J connectivity index is 1.77. The Labute approximate surface area is 173 Å². The number of hydrogen-bond acceptors (Lipinski definition) is 5. The monoisotopic (exact) mass is 418 g/mol. The summed E-state index contributed by atoms with van der Waals surface area (Å²) in [6.07, 6.45) is 0. The van der Waals surface area contributed by atoms with Crippen LogP contribution >= 0.6 is 0 Å². The van der Waals surface area contributed by atoms with Crippen molar-refractivity contribution in [2.45, 2.75) is 30.7 Å². The second kappa shape index (κ2) is 9.71. The quantitative estimate of drug-likeness (QED) is 0.713. The Bertz CT molecular complexity index is 874. The van der Waals surface area contributed by atoms with Gasteiger partial charge in [-0.2, -0.15) is 0 Å². The van der Waals surface area contributed by atoms with Gasteiger partial charge in [-0.05, 0) is 41.3 Å². The van der Waals surface area contributed by atoms with Gasteiger partial charge in [-0.15, -0.1) is 0 Å². The summed E-state index contributed by atoms with van der Waals surface area (Å²) in [5.41, 5.74) is 2.17. The zero-order valence-electron chi connectivity index (χ0n) is 17.3. The maximum Gasteiger partial charge on any atom is 0.240 e. The summed E-state index contributed by atoms with van der Waals surface area (Å²) < 4.78 is 39.2. The molecule has 0 aliphatic carbocycles. The third-order valence-corrected chi connectivity index (χ3v) is 6.75. The highest BCUT2D eigenvalue weighted by atomic mass is 32.2. The summed E-state index contributed by atoms with van der Waals surface area (Å²) in [5, 5.41) is 0. The van der Waals surface area contributed by atoms with Crippen LogP contribution in [-0.2, 0) is 14.8 Å². The van der Waals surface area contributed by atoms with E-state index in [1.807, 2.05) is 36.4 Å². The van der Waals surface area contributed by atoms with E-state index in [0.29, 0.717) is 25.7 Å². The van der Waals surface area contributed by atoms with E-state index in [1.54, 1.807) is 19.2 Å². The van der Waals surface area contributed by atoms with Gasteiger partial charge in [0.25, 0.3) is 0 Å². The fourth-order valence-corrected chi connectivity index (χ4v) is 4.52. The Morgan fingerprint density at radius 3 is 2.14 bits per heavy atom. The molecule has 2 aromatic carbocycles. The molecule has 0 saturated carbocycles. The van der Waals surface area contributed by atoms with Gasteiger partial charge < -0.3 is 9.47 Å². The minimum Gasteiger partial charge on any atom is -0.497 e. The van der Waals surface area contributed by atoms with E-state index in [9.17, 15) is 8.42 Å². The predicted octanol–water partition coefficient (Wildman–Crippen LogP) is 3.17. The summed E-state index contributed by atoms with van der Waals surface area (Å²) >= 11 is 0. The van der Waals surface area contributed by atoms with Crippen LogP contribution in [0.3, 0.4) is 0 Å². The van der Waals surface area contributed by atoms with Crippen LogP contribution in [-0.4, -0.2) is 53.3 Å². The first-order chi connectivity index (χ1) is 13.9. The molecule has 1 heterocycles. The fraction of sp³-hybridized carbons (Fsp3) is 0.455. The number of nitrogens with zero attached hydrogens (tertiary/aromatic N) is 1. The lowest BCUT2D eigenvalue weighted by Gasteiger charge is -2.35. The number of rotatable bonds is 8.